The number of pyridine rings is 1. The van der Waals surface area contributed by atoms with Crippen LogP contribution in [0, 0.1) is 0 Å². The number of nitrogen functional groups attached to an aromatic ring is 1. The summed E-state index contributed by atoms with van der Waals surface area (Å²) in [6, 6.07) is 5.84. The van der Waals surface area contributed by atoms with Crippen LogP contribution in [0.1, 0.15) is 27.8 Å². The molecule has 0 aliphatic carbocycles. The van der Waals surface area contributed by atoms with Crippen LogP contribution in [0.15, 0.2) is 24.3 Å². The fraction of sp³-hybridized carbons (Fsp3) is 0.125. The number of aromatic nitrogens is 1. The van der Waals surface area contributed by atoms with E-state index in [0.717, 1.165) is 0 Å². The Labute approximate surface area is 168 Å². The van der Waals surface area contributed by atoms with Gasteiger partial charge in [0.2, 0.25) is 5.91 Å². The van der Waals surface area contributed by atoms with Crippen molar-refractivity contribution in [2.24, 2.45) is 5.73 Å². The van der Waals surface area contributed by atoms with Crippen molar-refractivity contribution < 1.29 is 19.1 Å². The first-order chi connectivity index (χ1) is 12.6. The van der Waals surface area contributed by atoms with Crippen LogP contribution in [0.25, 0.3) is 0 Å². The molecule has 0 aliphatic rings. The monoisotopic (exact) mass is 430 g/mol. The van der Waals surface area contributed by atoms with E-state index < -0.39 is 23.9 Å². The van der Waals surface area contributed by atoms with Gasteiger partial charge in [-0.3, -0.25) is 9.59 Å². The molecule has 0 spiro atoms. The van der Waals surface area contributed by atoms with Crippen LogP contribution in [0.2, 0.25) is 15.2 Å². The van der Waals surface area contributed by atoms with Gasteiger partial charge < -0.3 is 21.5 Å². The number of nitrogens with one attached hydrogen (secondary N) is 1. The lowest BCUT2D eigenvalue weighted by atomic mass is 10.2. The summed E-state index contributed by atoms with van der Waals surface area (Å²) in [6.45, 7) is 1.35. The van der Waals surface area contributed by atoms with Gasteiger partial charge in [0.05, 0.1) is 10.7 Å². The van der Waals surface area contributed by atoms with Crippen LogP contribution < -0.4 is 16.8 Å². The zero-order valence-corrected chi connectivity index (χ0v) is 16.0. The van der Waals surface area contributed by atoms with Crippen molar-refractivity contribution >= 4 is 64.0 Å². The van der Waals surface area contributed by atoms with Crippen LogP contribution in [0.5, 0.6) is 0 Å². The number of hydrogen-bond donors (Lipinski definition) is 3. The number of amides is 2. The Kier molecular flexibility index (Phi) is 6.48. The zero-order chi connectivity index (χ0) is 20.3. The van der Waals surface area contributed by atoms with E-state index in [1.165, 1.54) is 31.2 Å². The minimum absolute atomic E-state index is 0.0941. The zero-order valence-electron chi connectivity index (χ0n) is 13.8. The van der Waals surface area contributed by atoms with E-state index in [1.807, 2.05) is 0 Å². The average molecular weight is 432 g/mol. The highest BCUT2D eigenvalue weighted by Crippen LogP contribution is 2.34. The van der Waals surface area contributed by atoms with Crippen molar-refractivity contribution in [3.63, 3.8) is 0 Å². The van der Waals surface area contributed by atoms with Gasteiger partial charge in [0.15, 0.2) is 17.0 Å². The van der Waals surface area contributed by atoms with Crippen LogP contribution >= 0.6 is 34.8 Å². The predicted octanol–water partition coefficient (Wildman–Crippen LogP) is 2.91. The van der Waals surface area contributed by atoms with Crippen LogP contribution in [-0.2, 0) is 9.53 Å². The van der Waals surface area contributed by atoms with E-state index >= 15 is 0 Å². The molecule has 1 aromatic heterocycles. The van der Waals surface area contributed by atoms with Gasteiger partial charge in [0.1, 0.15) is 5.02 Å². The summed E-state index contributed by atoms with van der Waals surface area (Å²) in [5, 5.41) is 1.97. The highest BCUT2D eigenvalue weighted by atomic mass is 35.5. The molecule has 1 atom stereocenters. The number of primary amides is 1. The number of nitrogens with two attached hydrogens (primary N) is 2. The lowest BCUT2D eigenvalue weighted by molar-refractivity contribution is -0.123. The molecule has 27 heavy (non-hydrogen) atoms. The first kappa shape index (κ1) is 20.8. The lowest BCUT2D eigenvalue weighted by Gasteiger charge is -2.14. The smallest absolute Gasteiger partial charge is 0.359 e. The van der Waals surface area contributed by atoms with E-state index in [1.54, 1.807) is 0 Å². The molecular formula is C16H13Cl3N4O4. The third-order valence-corrected chi connectivity index (χ3v) is 4.49. The molecule has 8 nitrogen and oxygen atoms in total. The van der Waals surface area contributed by atoms with Crippen LogP contribution in [0.4, 0.5) is 11.4 Å². The van der Waals surface area contributed by atoms with Crippen LogP contribution in [0.3, 0.4) is 0 Å². The van der Waals surface area contributed by atoms with Crippen molar-refractivity contribution in [1.82, 2.24) is 4.98 Å². The van der Waals surface area contributed by atoms with Gasteiger partial charge >= 0.3 is 5.97 Å². The number of esters is 1. The molecule has 2 aromatic rings. The summed E-state index contributed by atoms with van der Waals surface area (Å²) in [5.74, 6) is -2.23. The molecule has 142 valence electrons. The standard InChI is InChI=1S/C16H13Cl3N4O4/c1-6(15(25)22-8-4-2-7(3-5-8)14(21)24)27-16(26)12-9(17)11(20)10(18)13(19)23-12/h2-6H,1H3,(H2,20,23)(H2,21,24)(H,22,25)/t6-/m1/s1. The normalized spacial score (nSPS) is 11.6. The second kappa shape index (κ2) is 8.43. The van der Waals surface area contributed by atoms with Crippen molar-refractivity contribution in [1.29, 1.82) is 0 Å². The fourth-order valence-electron chi connectivity index (χ4n) is 1.90. The topological polar surface area (TPSA) is 137 Å². The largest absolute Gasteiger partial charge is 0.448 e. The molecule has 2 amide bonds. The summed E-state index contributed by atoms with van der Waals surface area (Å²) in [7, 11) is 0. The van der Waals surface area contributed by atoms with Crippen molar-refractivity contribution in [3.05, 3.63) is 50.7 Å². The molecule has 0 saturated heterocycles. The number of nitrogens with zero attached hydrogens (tertiary/aromatic N) is 1. The molecule has 11 heteroatoms. The number of anilines is 2. The number of hydrogen-bond acceptors (Lipinski definition) is 6. The third kappa shape index (κ3) is 4.79. The van der Waals surface area contributed by atoms with Crippen molar-refractivity contribution in [3.8, 4) is 0 Å². The fourth-order valence-corrected chi connectivity index (χ4v) is 2.48. The maximum absolute atomic E-state index is 12.2. The van der Waals surface area contributed by atoms with E-state index in [0.29, 0.717) is 5.69 Å². The molecule has 5 N–H and O–H groups in total. The molecular weight excluding hydrogens is 419 g/mol. The Hall–Kier alpha value is -2.55. The number of carbonyl (C=O) groups excluding carboxylic acids is 3. The molecule has 2 rings (SSSR count). The van der Waals surface area contributed by atoms with E-state index in [-0.39, 0.29) is 32.1 Å². The second-order valence-corrected chi connectivity index (χ2v) is 6.39. The van der Waals surface area contributed by atoms with E-state index in [9.17, 15) is 14.4 Å². The molecule has 0 aliphatic heterocycles. The van der Waals surface area contributed by atoms with Gasteiger partial charge in [-0.15, -0.1) is 0 Å². The molecule has 1 aromatic carbocycles. The highest BCUT2D eigenvalue weighted by molar-refractivity contribution is 6.46. The van der Waals surface area contributed by atoms with Crippen LogP contribution in [-0.4, -0.2) is 28.9 Å². The first-order valence-electron chi connectivity index (χ1n) is 7.33. The van der Waals surface area contributed by atoms with Gasteiger partial charge in [-0.25, -0.2) is 9.78 Å². The molecule has 1 heterocycles. The number of rotatable bonds is 5. The highest BCUT2D eigenvalue weighted by Gasteiger charge is 2.25. The van der Waals surface area contributed by atoms with Gasteiger partial charge in [0.25, 0.3) is 5.91 Å². The average Bonchev–Trinajstić information content (AvgIpc) is 2.63. The Morgan fingerprint density at radius 2 is 1.70 bits per heavy atom. The molecule has 0 bridgehead atoms. The Morgan fingerprint density at radius 1 is 1.11 bits per heavy atom. The number of ether oxygens (including phenoxy) is 1. The summed E-state index contributed by atoms with van der Waals surface area (Å²) in [4.78, 5) is 39.1. The Balaban J connectivity index is 2.08. The van der Waals surface area contributed by atoms with E-state index in [4.69, 9.17) is 51.0 Å². The minimum atomic E-state index is -1.19. The van der Waals surface area contributed by atoms with Gasteiger partial charge in [-0.1, -0.05) is 34.8 Å². The summed E-state index contributed by atoms with van der Waals surface area (Å²) >= 11 is 17.5. The van der Waals surface area contributed by atoms with Gasteiger partial charge in [0, 0.05) is 11.3 Å². The maximum Gasteiger partial charge on any atom is 0.359 e. The summed E-state index contributed by atoms with van der Waals surface area (Å²) in [5.41, 5.74) is 10.9. The Bertz CT molecular complexity index is 919. The van der Waals surface area contributed by atoms with Crippen molar-refractivity contribution in [2.45, 2.75) is 13.0 Å². The van der Waals surface area contributed by atoms with E-state index in [2.05, 4.69) is 10.3 Å². The molecule has 0 radical (unpaired) electrons. The predicted molar refractivity (Wildman–Crippen MR) is 102 cm³/mol. The maximum atomic E-state index is 12.2. The first-order valence-corrected chi connectivity index (χ1v) is 8.46. The third-order valence-electron chi connectivity index (χ3n) is 3.36. The number of benzene rings is 1. The van der Waals surface area contributed by atoms with Crippen molar-refractivity contribution in [2.75, 3.05) is 11.1 Å². The number of carbonyl (C=O) groups is 3. The molecule has 0 fully saturated rings. The second-order valence-electron chi connectivity index (χ2n) is 5.27. The minimum Gasteiger partial charge on any atom is -0.448 e. The number of halogens is 3. The molecule has 0 saturated carbocycles. The summed E-state index contributed by atoms with van der Waals surface area (Å²) < 4.78 is 5.03. The summed E-state index contributed by atoms with van der Waals surface area (Å²) in [6.07, 6.45) is -1.19. The van der Waals surface area contributed by atoms with Gasteiger partial charge in [-0.05, 0) is 31.2 Å². The Morgan fingerprint density at radius 3 is 2.26 bits per heavy atom. The SMILES string of the molecule is C[C@@H](OC(=O)c1nc(Cl)c(Cl)c(N)c1Cl)C(=O)Nc1ccc(C(N)=O)cc1. The quantitative estimate of drug-likeness (QED) is 0.491. The van der Waals surface area contributed by atoms with Gasteiger partial charge in [-0.2, -0.15) is 0 Å². The lowest BCUT2D eigenvalue weighted by Crippen LogP contribution is -2.30. The molecule has 0 unspecified atom stereocenters.